The molecule has 84 valence electrons. The van der Waals surface area contributed by atoms with Gasteiger partial charge in [0.25, 0.3) is 5.22 Å². The lowest BCUT2D eigenvalue weighted by Gasteiger charge is -2.07. The van der Waals surface area contributed by atoms with E-state index < -0.39 is 0 Å². The molecule has 0 aliphatic carbocycles. The highest BCUT2D eigenvalue weighted by molar-refractivity contribution is 7.99. The van der Waals surface area contributed by atoms with Crippen molar-refractivity contribution in [1.29, 1.82) is 0 Å². The maximum atomic E-state index is 5.30. The number of aromatic nitrogens is 1. The van der Waals surface area contributed by atoms with Crippen LogP contribution in [0.15, 0.2) is 22.1 Å². The average molecular weight is 228 g/mol. The Morgan fingerprint density at radius 2 is 2.60 bits per heavy atom. The van der Waals surface area contributed by atoms with Crippen LogP contribution in [0.4, 0.5) is 0 Å². The molecule has 0 saturated carbocycles. The summed E-state index contributed by atoms with van der Waals surface area (Å²) in [4.78, 5) is 4.04. The quantitative estimate of drug-likeness (QED) is 0.589. The Balaban J connectivity index is 1.48. The van der Waals surface area contributed by atoms with Gasteiger partial charge in [0.1, 0.15) is 6.26 Å². The van der Waals surface area contributed by atoms with Crippen molar-refractivity contribution in [1.82, 2.24) is 10.3 Å². The molecule has 1 atom stereocenters. The summed E-state index contributed by atoms with van der Waals surface area (Å²) >= 11 is 1.64. The van der Waals surface area contributed by atoms with Crippen LogP contribution in [0, 0.1) is 5.92 Å². The predicted molar refractivity (Wildman–Crippen MR) is 59.0 cm³/mol. The van der Waals surface area contributed by atoms with Gasteiger partial charge in [-0.2, -0.15) is 0 Å². The topological polar surface area (TPSA) is 47.3 Å². The first-order chi connectivity index (χ1) is 7.45. The highest BCUT2D eigenvalue weighted by atomic mass is 32.2. The third-order valence-electron chi connectivity index (χ3n) is 2.37. The third-order valence-corrected chi connectivity index (χ3v) is 3.23. The number of hydrogen-bond acceptors (Lipinski definition) is 5. The summed E-state index contributed by atoms with van der Waals surface area (Å²) in [7, 11) is 0. The first-order valence-corrected chi connectivity index (χ1v) is 6.24. The first-order valence-electron chi connectivity index (χ1n) is 5.26. The maximum absolute atomic E-state index is 5.30. The lowest BCUT2D eigenvalue weighted by Crippen LogP contribution is -2.25. The van der Waals surface area contributed by atoms with Crippen molar-refractivity contribution in [2.45, 2.75) is 11.6 Å². The molecule has 1 aromatic rings. The number of hydrogen-bond donors (Lipinski definition) is 1. The number of oxazole rings is 1. The molecule has 0 amide bonds. The zero-order valence-corrected chi connectivity index (χ0v) is 9.46. The molecular formula is C10H16N2O2S. The Kier molecular flexibility index (Phi) is 4.50. The summed E-state index contributed by atoms with van der Waals surface area (Å²) in [6.45, 7) is 3.90. The zero-order valence-electron chi connectivity index (χ0n) is 8.65. The van der Waals surface area contributed by atoms with Gasteiger partial charge in [-0.25, -0.2) is 4.98 Å². The highest BCUT2D eigenvalue weighted by Crippen LogP contribution is 2.14. The third kappa shape index (κ3) is 3.85. The summed E-state index contributed by atoms with van der Waals surface area (Å²) < 4.78 is 10.4. The maximum Gasteiger partial charge on any atom is 0.255 e. The van der Waals surface area contributed by atoms with Crippen LogP contribution in [0.1, 0.15) is 6.42 Å². The van der Waals surface area contributed by atoms with E-state index in [4.69, 9.17) is 9.15 Å². The molecule has 5 heteroatoms. The van der Waals surface area contributed by atoms with Crippen LogP contribution < -0.4 is 5.32 Å². The monoisotopic (exact) mass is 228 g/mol. The molecule has 1 N–H and O–H groups in total. The molecule has 0 aromatic carbocycles. The fraction of sp³-hybridized carbons (Fsp3) is 0.700. The number of nitrogens with zero attached hydrogens (tertiary/aromatic N) is 1. The van der Waals surface area contributed by atoms with Gasteiger partial charge in [0.2, 0.25) is 0 Å². The van der Waals surface area contributed by atoms with Crippen molar-refractivity contribution in [3.05, 3.63) is 12.5 Å². The number of nitrogens with one attached hydrogen (secondary N) is 1. The minimum atomic E-state index is 0.705. The van der Waals surface area contributed by atoms with Crippen molar-refractivity contribution in [2.24, 2.45) is 5.92 Å². The smallest absolute Gasteiger partial charge is 0.255 e. The second kappa shape index (κ2) is 6.15. The number of rotatable bonds is 6. The van der Waals surface area contributed by atoms with Gasteiger partial charge in [-0.3, -0.25) is 0 Å². The Hall–Kier alpha value is -0.520. The van der Waals surface area contributed by atoms with Crippen LogP contribution in [-0.4, -0.2) is 37.0 Å². The minimum Gasteiger partial charge on any atom is -0.440 e. The van der Waals surface area contributed by atoms with Gasteiger partial charge in [-0.15, -0.1) is 0 Å². The highest BCUT2D eigenvalue weighted by Gasteiger charge is 2.14. The largest absolute Gasteiger partial charge is 0.440 e. The van der Waals surface area contributed by atoms with Crippen LogP contribution in [0.25, 0.3) is 0 Å². The second-order valence-corrected chi connectivity index (χ2v) is 4.63. The van der Waals surface area contributed by atoms with Gasteiger partial charge in [0.15, 0.2) is 0 Å². The van der Waals surface area contributed by atoms with Gasteiger partial charge >= 0.3 is 0 Å². The van der Waals surface area contributed by atoms with Crippen LogP contribution in [0.5, 0.6) is 0 Å². The normalized spacial score (nSPS) is 20.9. The average Bonchev–Trinajstić information content (AvgIpc) is 2.88. The molecule has 15 heavy (non-hydrogen) atoms. The van der Waals surface area contributed by atoms with E-state index in [2.05, 4.69) is 10.3 Å². The Morgan fingerprint density at radius 3 is 3.33 bits per heavy atom. The SMILES string of the molecule is c1coc(SCCNCC2CCOC2)n1. The van der Waals surface area contributed by atoms with Crippen molar-refractivity contribution >= 4 is 11.8 Å². The van der Waals surface area contributed by atoms with E-state index >= 15 is 0 Å². The molecule has 1 aromatic heterocycles. The van der Waals surface area contributed by atoms with Crippen LogP contribution in [0.2, 0.25) is 0 Å². The van der Waals surface area contributed by atoms with Gasteiger partial charge < -0.3 is 14.5 Å². The minimum absolute atomic E-state index is 0.705. The number of ether oxygens (including phenoxy) is 1. The molecule has 4 nitrogen and oxygen atoms in total. The Bertz CT molecular complexity index is 260. The fourth-order valence-electron chi connectivity index (χ4n) is 1.54. The molecule has 1 aliphatic heterocycles. The first kappa shape index (κ1) is 11.0. The van der Waals surface area contributed by atoms with E-state index in [0.29, 0.717) is 5.92 Å². The van der Waals surface area contributed by atoms with Gasteiger partial charge in [0, 0.05) is 25.4 Å². The summed E-state index contributed by atoms with van der Waals surface area (Å²) in [5, 5.41) is 4.17. The molecule has 1 fully saturated rings. The second-order valence-electron chi connectivity index (χ2n) is 3.58. The van der Waals surface area contributed by atoms with E-state index in [1.807, 2.05) is 0 Å². The molecule has 1 aliphatic rings. The van der Waals surface area contributed by atoms with Crippen molar-refractivity contribution in [2.75, 3.05) is 32.1 Å². The summed E-state index contributed by atoms with van der Waals surface area (Å²) in [5.41, 5.74) is 0. The molecule has 0 radical (unpaired) electrons. The van der Waals surface area contributed by atoms with Gasteiger partial charge in [0.05, 0.1) is 12.8 Å². The lowest BCUT2D eigenvalue weighted by atomic mass is 10.1. The zero-order chi connectivity index (χ0) is 10.3. The van der Waals surface area contributed by atoms with Crippen LogP contribution in [-0.2, 0) is 4.74 Å². The lowest BCUT2D eigenvalue weighted by molar-refractivity contribution is 0.185. The Labute approximate surface area is 93.8 Å². The van der Waals surface area contributed by atoms with Crippen molar-refractivity contribution in [3.8, 4) is 0 Å². The molecular weight excluding hydrogens is 212 g/mol. The molecule has 0 spiro atoms. The summed E-state index contributed by atoms with van der Waals surface area (Å²) in [6, 6.07) is 0. The number of thioether (sulfide) groups is 1. The van der Waals surface area contributed by atoms with E-state index in [1.165, 1.54) is 6.42 Å². The molecule has 1 unspecified atom stereocenters. The van der Waals surface area contributed by atoms with E-state index in [-0.39, 0.29) is 0 Å². The molecule has 1 saturated heterocycles. The van der Waals surface area contributed by atoms with Gasteiger partial charge in [-0.05, 0) is 12.3 Å². The summed E-state index contributed by atoms with van der Waals surface area (Å²) in [6.07, 6.45) is 4.47. The molecule has 2 heterocycles. The summed E-state index contributed by atoms with van der Waals surface area (Å²) in [5.74, 6) is 1.70. The molecule has 0 bridgehead atoms. The van der Waals surface area contributed by atoms with E-state index in [9.17, 15) is 0 Å². The van der Waals surface area contributed by atoms with Crippen molar-refractivity contribution in [3.63, 3.8) is 0 Å². The van der Waals surface area contributed by atoms with Crippen LogP contribution >= 0.6 is 11.8 Å². The van der Waals surface area contributed by atoms with Crippen molar-refractivity contribution < 1.29 is 9.15 Å². The molecule has 2 rings (SSSR count). The van der Waals surface area contributed by atoms with Crippen LogP contribution in [0.3, 0.4) is 0 Å². The standard InChI is InChI=1S/C10H16N2O2S/c1-4-13-8-9(1)7-11-3-6-15-10-12-2-5-14-10/h2,5,9,11H,1,3-4,6-8H2. The fourth-order valence-corrected chi connectivity index (χ4v) is 2.22. The van der Waals surface area contributed by atoms with E-state index in [0.717, 1.165) is 37.3 Å². The Morgan fingerprint density at radius 1 is 1.60 bits per heavy atom. The van der Waals surface area contributed by atoms with E-state index in [1.54, 1.807) is 24.2 Å². The predicted octanol–water partition coefficient (Wildman–Crippen LogP) is 1.39. The van der Waals surface area contributed by atoms with Gasteiger partial charge in [-0.1, -0.05) is 11.8 Å².